The lowest BCUT2D eigenvalue weighted by Crippen LogP contribution is -2.35. The predicted octanol–water partition coefficient (Wildman–Crippen LogP) is 5.43. The Morgan fingerprint density at radius 2 is 1.65 bits per heavy atom. The van der Waals surface area contributed by atoms with E-state index in [0.717, 1.165) is 12.1 Å². The first-order valence-electron chi connectivity index (χ1n) is 10.6. The molecule has 3 N–H and O–H groups in total. The lowest BCUT2D eigenvalue weighted by Gasteiger charge is -2.29. The molecular weight excluding hydrogens is 464 g/mol. The molecule has 2 aromatic rings. The van der Waals surface area contributed by atoms with Crippen LogP contribution in [0.4, 0.5) is 37.8 Å². The van der Waals surface area contributed by atoms with Crippen LogP contribution in [0.5, 0.6) is 0 Å². The van der Waals surface area contributed by atoms with Gasteiger partial charge in [0.25, 0.3) is 0 Å². The summed E-state index contributed by atoms with van der Waals surface area (Å²) in [6.07, 6.45) is -5.80. The third kappa shape index (κ3) is 7.57. The summed E-state index contributed by atoms with van der Waals surface area (Å²) in [4.78, 5) is 13.7. The second kappa shape index (κ2) is 11.0. The number of piperidine rings is 1. The van der Waals surface area contributed by atoms with Crippen molar-refractivity contribution in [2.24, 2.45) is 0 Å². The largest absolute Gasteiger partial charge is 0.471 e. The zero-order chi connectivity index (χ0) is 25.7. The highest BCUT2D eigenvalue weighted by molar-refractivity contribution is 5.98. The number of amides is 1. The molecule has 6 nitrogen and oxygen atoms in total. The standard InChI is InChI=1S/C14H10F6N4O.C8H17N/c1-6-4-10(21)23-24-11(6)8-3-2-7(13(15,16)17)5-9(8)22-12(25)14(18,19)20;1-8(2)9-6-4-3-5-7-9/h2-5H,1H3,(H2,21,23)(H,22,25);8H,3-7H2,1-2H3. The fraction of sp³-hybridized carbons (Fsp3) is 0.500. The van der Waals surface area contributed by atoms with Crippen LogP contribution in [-0.2, 0) is 11.0 Å². The molecule has 0 bridgehead atoms. The third-order valence-electron chi connectivity index (χ3n) is 5.23. The fourth-order valence-electron chi connectivity index (χ4n) is 3.43. The number of likely N-dealkylation sites (tertiary alicyclic amines) is 1. The Labute approximate surface area is 193 Å². The van der Waals surface area contributed by atoms with Crippen LogP contribution < -0.4 is 11.1 Å². The van der Waals surface area contributed by atoms with Crippen molar-refractivity contribution < 1.29 is 31.1 Å². The van der Waals surface area contributed by atoms with E-state index in [4.69, 9.17) is 5.73 Å². The van der Waals surface area contributed by atoms with Crippen molar-refractivity contribution in [1.82, 2.24) is 15.1 Å². The minimum atomic E-state index is -5.27. The number of carbonyl (C=O) groups excluding carboxylic acids is 1. The molecule has 12 heteroatoms. The Morgan fingerprint density at radius 3 is 2.12 bits per heavy atom. The van der Waals surface area contributed by atoms with Gasteiger partial charge in [-0.05, 0) is 70.5 Å². The van der Waals surface area contributed by atoms with E-state index in [1.807, 2.05) is 0 Å². The summed E-state index contributed by atoms with van der Waals surface area (Å²) in [6.45, 7) is 8.72. The number of alkyl halides is 6. The molecule has 0 saturated carbocycles. The second-order valence-corrected chi connectivity index (χ2v) is 8.20. The van der Waals surface area contributed by atoms with Crippen LogP contribution in [0.3, 0.4) is 0 Å². The Kier molecular flexibility index (Phi) is 8.87. The van der Waals surface area contributed by atoms with E-state index in [1.165, 1.54) is 50.7 Å². The molecular formula is C22H27F6N5O. The van der Waals surface area contributed by atoms with E-state index >= 15 is 0 Å². The van der Waals surface area contributed by atoms with Gasteiger partial charge in [-0.15, -0.1) is 10.2 Å². The molecule has 1 aromatic heterocycles. The van der Waals surface area contributed by atoms with Gasteiger partial charge in [-0.25, -0.2) is 0 Å². The molecule has 1 aliphatic rings. The lowest BCUT2D eigenvalue weighted by molar-refractivity contribution is -0.167. The van der Waals surface area contributed by atoms with Gasteiger partial charge in [0.15, 0.2) is 0 Å². The van der Waals surface area contributed by atoms with Crippen molar-refractivity contribution >= 4 is 17.4 Å². The predicted molar refractivity (Wildman–Crippen MR) is 117 cm³/mol. The molecule has 0 aliphatic carbocycles. The van der Waals surface area contributed by atoms with Gasteiger partial charge < -0.3 is 16.0 Å². The summed E-state index contributed by atoms with van der Waals surface area (Å²) in [6, 6.07) is 4.08. The SMILES string of the molecule is CC(C)N1CCCCC1.Cc1cc(N)nnc1-c1ccc(C(F)(F)F)cc1NC(=O)C(F)(F)F. The number of anilines is 2. The minimum Gasteiger partial charge on any atom is -0.382 e. The average Bonchev–Trinajstić information content (AvgIpc) is 2.74. The number of aryl methyl sites for hydroxylation is 1. The number of carbonyl (C=O) groups is 1. The van der Waals surface area contributed by atoms with E-state index in [0.29, 0.717) is 17.7 Å². The maximum Gasteiger partial charge on any atom is 0.471 e. The first-order chi connectivity index (χ1) is 15.7. The molecule has 188 valence electrons. The number of hydrogen-bond donors (Lipinski definition) is 2. The summed E-state index contributed by atoms with van der Waals surface area (Å²) < 4.78 is 75.8. The van der Waals surface area contributed by atoms with Gasteiger partial charge in [0.05, 0.1) is 16.9 Å². The van der Waals surface area contributed by atoms with Gasteiger partial charge in [0, 0.05) is 11.6 Å². The van der Waals surface area contributed by atoms with Gasteiger partial charge in [-0.2, -0.15) is 26.3 Å². The Hall–Kier alpha value is -2.89. The van der Waals surface area contributed by atoms with Gasteiger partial charge in [-0.1, -0.05) is 12.5 Å². The van der Waals surface area contributed by atoms with Crippen molar-refractivity contribution in [2.45, 2.75) is 58.4 Å². The molecule has 1 aliphatic heterocycles. The topological polar surface area (TPSA) is 84.1 Å². The Bertz CT molecular complexity index is 985. The lowest BCUT2D eigenvalue weighted by atomic mass is 10.0. The van der Waals surface area contributed by atoms with E-state index < -0.39 is 29.5 Å². The van der Waals surface area contributed by atoms with Crippen molar-refractivity contribution in [2.75, 3.05) is 24.1 Å². The summed E-state index contributed by atoms with van der Waals surface area (Å²) in [5.41, 5.74) is 3.69. The first kappa shape index (κ1) is 27.4. The van der Waals surface area contributed by atoms with Gasteiger partial charge >= 0.3 is 18.3 Å². The van der Waals surface area contributed by atoms with Crippen LogP contribution in [-0.4, -0.2) is 46.3 Å². The highest BCUT2D eigenvalue weighted by Crippen LogP contribution is 2.36. The number of hydrogen-bond acceptors (Lipinski definition) is 5. The molecule has 1 amide bonds. The van der Waals surface area contributed by atoms with Gasteiger partial charge in [0.1, 0.15) is 5.82 Å². The minimum absolute atomic E-state index is 0.0135. The molecule has 2 heterocycles. The molecule has 1 aromatic carbocycles. The van der Waals surface area contributed by atoms with Crippen molar-refractivity contribution in [3.8, 4) is 11.3 Å². The number of nitrogens with zero attached hydrogens (tertiary/aromatic N) is 3. The normalized spacial score (nSPS) is 15.0. The highest BCUT2D eigenvalue weighted by atomic mass is 19.4. The van der Waals surface area contributed by atoms with E-state index in [9.17, 15) is 31.1 Å². The summed E-state index contributed by atoms with van der Waals surface area (Å²) in [5, 5.41) is 8.65. The van der Waals surface area contributed by atoms with Crippen molar-refractivity contribution in [1.29, 1.82) is 0 Å². The summed E-state index contributed by atoms with van der Waals surface area (Å²) in [7, 11) is 0. The van der Waals surface area contributed by atoms with Crippen LogP contribution in [0.25, 0.3) is 11.3 Å². The quantitative estimate of drug-likeness (QED) is 0.559. The number of aromatic nitrogens is 2. The fourth-order valence-corrected chi connectivity index (χ4v) is 3.43. The zero-order valence-corrected chi connectivity index (χ0v) is 19.0. The number of nitrogens with one attached hydrogen (secondary N) is 1. The van der Waals surface area contributed by atoms with Crippen molar-refractivity contribution in [3.63, 3.8) is 0 Å². The van der Waals surface area contributed by atoms with E-state index in [-0.39, 0.29) is 17.1 Å². The number of halogens is 6. The zero-order valence-electron chi connectivity index (χ0n) is 19.0. The Morgan fingerprint density at radius 1 is 1.03 bits per heavy atom. The van der Waals surface area contributed by atoms with Crippen LogP contribution in [0.1, 0.15) is 44.2 Å². The molecule has 0 unspecified atom stereocenters. The molecule has 0 atom stereocenters. The second-order valence-electron chi connectivity index (χ2n) is 8.20. The summed E-state index contributed by atoms with van der Waals surface area (Å²) in [5.74, 6) is -2.39. The smallest absolute Gasteiger partial charge is 0.382 e. The number of benzene rings is 1. The van der Waals surface area contributed by atoms with Gasteiger partial charge in [-0.3, -0.25) is 4.79 Å². The highest BCUT2D eigenvalue weighted by Gasteiger charge is 2.39. The number of rotatable bonds is 3. The monoisotopic (exact) mass is 491 g/mol. The Balaban J connectivity index is 0.000000379. The molecule has 1 fully saturated rings. The molecule has 0 spiro atoms. The number of nitrogens with two attached hydrogens (primary N) is 1. The van der Waals surface area contributed by atoms with Crippen LogP contribution in [0.15, 0.2) is 24.3 Å². The molecule has 1 saturated heterocycles. The maximum absolute atomic E-state index is 12.8. The molecule has 0 radical (unpaired) electrons. The van der Waals surface area contributed by atoms with Gasteiger partial charge in [0.2, 0.25) is 0 Å². The van der Waals surface area contributed by atoms with E-state index in [1.54, 1.807) is 0 Å². The summed E-state index contributed by atoms with van der Waals surface area (Å²) >= 11 is 0. The number of nitrogen functional groups attached to an aromatic ring is 1. The van der Waals surface area contributed by atoms with Crippen LogP contribution in [0.2, 0.25) is 0 Å². The van der Waals surface area contributed by atoms with Crippen LogP contribution >= 0.6 is 0 Å². The maximum atomic E-state index is 12.8. The average molecular weight is 491 g/mol. The van der Waals surface area contributed by atoms with Crippen molar-refractivity contribution in [3.05, 3.63) is 35.4 Å². The first-order valence-corrected chi connectivity index (χ1v) is 10.6. The molecule has 3 rings (SSSR count). The van der Waals surface area contributed by atoms with Crippen LogP contribution in [0, 0.1) is 6.92 Å². The third-order valence-corrected chi connectivity index (χ3v) is 5.23. The van der Waals surface area contributed by atoms with E-state index in [2.05, 4.69) is 28.9 Å². The molecule has 34 heavy (non-hydrogen) atoms.